The van der Waals surface area contributed by atoms with Gasteiger partial charge in [-0.05, 0) is 52.0 Å². The Morgan fingerprint density at radius 2 is 1.76 bits per heavy atom. The molecule has 1 N–H and O–H groups in total. The molecule has 0 amide bonds. The van der Waals surface area contributed by atoms with Gasteiger partial charge in [-0.2, -0.15) is 5.10 Å². The van der Waals surface area contributed by atoms with Crippen LogP contribution in [0.5, 0.6) is 0 Å². The first-order chi connectivity index (χ1) is 15.9. The molecular weight excluding hydrogens is 416 g/mol. The van der Waals surface area contributed by atoms with Crippen LogP contribution in [0, 0.1) is 13.8 Å². The van der Waals surface area contributed by atoms with E-state index in [0.717, 1.165) is 60.1 Å². The molecule has 0 bridgehead atoms. The molecule has 0 spiro atoms. The van der Waals surface area contributed by atoms with Gasteiger partial charge in [-0.15, -0.1) is 0 Å². The lowest BCUT2D eigenvalue weighted by molar-refractivity contribution is 0.122. The fourth-order valence-corrected chi connectivity index (χ4v) is 4.30. The van der Waals surface area contributed by atoms with E-state index in [1.165, 1.54) is 5.69 Å². The fourth-order valence-electron chi connectivity index (χ4n) is 4.30. The first-order valence-electron chi connectivity index (χ1n) is 11.4. The zero-order valence-electron chi connectivity index (χ0n) is 19.8. The molecule has 0 unspecified atom stereocenters. The SMILES string of the molecule is Cc1nn(C)c(C)c1-c1nc(Nc2ccc(N3CCOCC3)cc2)c2ncn(C(C)C)c2n1. The number of aromatic nitrogens is 6. The van der Waals surface area contributed by atoms with Gasteiger partial charge < -0.3 is 19.5 Å². The van der Waals surface area contributed by atoms with E-state index in [2.05, 4.69) is 63.0 Å². The zero-order chi connectivity index (χ0) is 23.1. The molecule has 9 nitrogen and oxygen atoms in total. The summed E-state index contributed by atoms with van der Waals surface area (Å²) in [6, 6.07) is 8.66. The Kier molecular flexibility index (Phi) is 5.49. The number of hydrogen-bond donors (Lipinski definition) is 1. The maximum atomic E-state index is 5.47. The first-order valence-corrected chi connectivity index (χ1v) is 11.4. The summed E-state index contributed by atoms with van der Waals surface area (Å²) >= 11 is 0. The Balaban J connectivity index is 1.55. The molecule has 1 fully saturated rings. The summed E-state index contributed by atoms with van der Waals surface area (Å²) in [5, 5.41) is 8.05. The highest BCUT2D eigenvalue weighted by atomic mass is 16.5. The number of fused-ring (bicyclic) bond motifs is 1. The van der Waals surface area contributed by atoms with Gasteiger partial charge >= 0.3 is 0 Å². The molecule has 0 atom stereocenters. The minimum Gasteiger partial charge on any atom is -0.378 e. The van der Waals surface area contributed by atoms with E-state index in [1.807, 2.05) is 31.9 Å². The zero-order valence-corrected chi connectivity index (χ0v) is 19.8. The second-order valence-electron chi connectivity index (χ2n) is 8.75. The minimum atomic E-state index is 0.231. The third-order valence-corrected chi connectivity index (χ3v) is 6.22. The van der Waals surface area contributed by atoms with Crippen LogP contribution in [0.4, 0.5) is 17.2 Å². The number of rotatable bonds is 5. The van der Waals surface area contributed by atoms with Crippen LogP contribution in [0.1, 0.15) is 31.3 Å². The molecule has 0 aliphatic carbocycles. The molecular formula is C24H30N8O. The van der Waals surface area contributed by atoms with Gasteiger partial charge in [0.05, 0.1) is 30.8 Å². The molecule has 33 heavy (non-hydrogen) atoms. The Bertz CT molecular complexity index is 1280. The minimum absolute atomic E-state index is 0.231. The average Bonchev–Trinajstić information content (AvgIpc) is 3.35. The number of anilines is 3. The highest BCUT2D eigenvalue weighted by molar-refractivity contribution is 5.87. The van der Waals surface area contributed by atoms with Crippen molar-refractivity contribution in [3.63, 3.8) is 0 Å². The van der Waals surface area contributed by atoms with Crippen molar-refractivity contribution in [2.45, 2.75) is 33.7 Å². The fraction of sp³-hybridized carbons (Fsp3) is 0.417. The summed E-state index contributed by atoms with van der Waals surface area (Å²) in [5.41, 5.74) is 6.62. The Labute approximate surface area is 193 Å². The summed E-state index contributed by atoms with van der Waals surface area (Å²) in [5.74, 6) is 1.34. The molecule has 0 radical (unpaired) electrons. The van der Waals surface area contributed by atoms with E-state index in [4.69, 9.17) is 14.7 Å². The van der Waals surface area contributed by atoms with Gasteiger partial charge in [0, 0.05) is 43.2 Å². The molecule has 5 rings (SSSR count). The molecule has 9 heteroatoms. The number of benzene rings is 1. The lowest BCUT2D eigenvalue weighted by Gasteiger charge is -2.28. The summed E-state index contributed by atoms with van der Waals surface area (Å²) in [6.45, 7) is 11.7. The maximum Gasteiger partial charge on any atom is 0.167 e. The summed E-state index contributed by atoms with van der Waals surface area (Å²) in [6.07, 6.45) is 1.84. The highest BCUT2D eigenvalue weighted by Gasteiger charge is 2.20. The molecule has 4 heterocycles. The van der Waals surface area contributed by atoms with Gasteiger partial charge in [-0.3, -0.25) is 4.68 Å². The van der Waals surface area contributed by atoms with Gasteiger partial charge in [0.25, 0.3) is 0 Å². The van der Waals surface area contributed by atoms with E-state index in [-0.39, 0.29) is 6.04 Å². The van der Waals surface area contributed by atoms with Crippen molar-refractivity contribution in [3.8, 4) is 11.4 Å². The molecule has 1 aliphatic heterocycles. The van der Waals surface area contributed by atoms with Crippen LogP contribution in [0.2, 0.25) is 0 Å². The normalized spacial score (nSPS) is 14.4. The first kappa shape index (κ1) is 21.4. The second-order valence-corrected chi connectivity index (χ2v) is 8.75. The predicted molar refractivity (Wildman–Crippen MR) is 130 cm³/mol. The number of nitrogens with zero attached hydrogens (tertiary/aromatic N) is 7. The smallest absolute Gasteiger partial charge is 0.167 e. The topological polar surface area (TPSA) is 85.9 Å². The van der Waals surface area contributed by atoms with E-state index >= 15 is 0 Å². The summed E-state index contributed by atoms with van der Waals surface area (Å²) in [7, 11) is 1.94. The highest BCUT2D eigenvalue weighted by Crippen LogP contribution is 2.31. The van der Waals surface area contributed by atoms with E-state index in [0.29, 0.717) is 11.6 Å². The molecule has 1 aliphatic rings. The quantitative estimate of drug-likeness (QED) is 0.496. The van der Waals surface area contributed by atoms with Crippen molar-refractivity contribution in [2.24, 2.45) is 7.05 Å². The summed E-state index contributed by atoms with van der Waals surface area (Å²) in [4.78, 5) is 16.8. The van der Waals surface area contributed by atoms with Crippen LogP contribution in [0.15, 0.2) is 30.6 Å². The van der Waals surface area contributed by atoms with Gasteiger partial charge in [0.2, 0.25) is 0 Å². The van der Waals surface area contributed by atoms with Crippen molar-refractivity contribution in [1.29, 1.82) is 0 Å². The standard InChI is InChI=1S/C24H30N8O/c1-15(2)32-14-25-21-23(26-18-6-8-19(9-7-18)31-10-12-33-13-11-31)27-22(28-24(21)32)20-16(3)29-30(5)17(20)4/h6-9,14-15H,10-13H2,1-5H3,(H,26,27,28). The Morgan fingerprint density at radius 3 is 2.39 bits per heavy atom. The number of nitrogens with one attached hydrogen (secondary N) is 1. The average molecular weight is 447 g/mol. The van der Waals surface area contributed by atoms with Gasteiger partial charge in [-0.25, -0.2) is 15.0 Å². The Hall–Kier alpha value is -3.46. The van der Waals surface area contributed by atoms with Crippen LogP contribution in [-0.2, 0) is 11.8 Å². The van der Waals surface area contributed by atoms with E-state index in [9.17, 15) is 0 Å². The van der Waals surface area contributed by atoms with Crippen molar-refractivity contribution >= 4 is 28.4 Å². The number of hydrogen-bond acceptors (Lipinski definition) is 7. The van der Waals surface area contributed by atoms with Crippen LogP contribution in [0.25, 0.3) is 22.6 Å². The number of ether oxygens (including phenoxy) is 1. The van der Waals surface area contributed by atoms with Gasteiger partial charge in [0.15, 0.2) is 22.8 Å². The van der Waals surface area contributed by atoms with Crippen molar-refractivity contribution < 1.29 is 4.74 Å². The molecule has 4 aromatic rings. The molecule has 3 aromatic heterocycles. The third-order valence-electron chi connectivity index (χ3n) is 6.22. The molecule has 172 valence electrons. The molecule has 0 saturated carbocycles. The van der Waals surface area contributed by atoms with Crippen LogP contribution in [-0.4, -0.2) is 55.6 Å². The monoisotopic (exact) mass is 446 g/mol. The predicted octanol–water partition coefficient (Wildman–Crippen LogP) is 4.00. The number of imidazole rings is 1. The molecule has 1 aromatic carbocycles. The van der Waals surface area contributed by atoms with Crippen molar-refractivity contribution in [3.05, 3.63) is 42.0 Å². The van der Waals surface area contributed by atoms with Crippen molar-refractivity contribution in [2.75, 3.05) is 36.5 Å². The maximum absolute atomic E-state index is 5.47. The van der Waals surface area contributed by atoms with Gasteiger partial charge in [0.1, 0.15) is 0 Å². The lowest BCUT2D eigenvalue weighted by atomic mass is 10.2. The summed E-state index contributed by atoms with van der Waals surface area (Å²) < 4.78 is 9.41. The van der Waals surface area contributed by atoms with Gasteiger partial charge in [-0.1, -0.05) is 0 Å². The van der Waals surface area contributed by atoms with Crippen LogP contribution < -0.4 is 10.2 Å². The number of aryl methyl sites for hydroxylation is 2. The second kappa shape index (κ2) is 8.47. The molecule has 1 saturated heterocycles. The van der Waals surface area contributed by atoms with Crippen molar-refractivity contribution in [1.82, 2.24) is 29.3 Å². The van der Waals surface area contributed by atoms with Crippen LogP contribution >= 0.6 is 0 Å². The lowest BCUT2D eigenvalue weighted by Crippen LogP contribution is -2.36. The third kappa shape index (κ3) is 3.93. The van der Waals surface area contributed by atoms with E-state index < -0.39 is 0 Å². The van der Waals surface area contributed by atoms with Crippen LogP contribution in [0.3, 0.4) is 0 Å². The Morgan fingerprint density at radius 1 is 1.03 bits per heavy atom. The van der Waals surface area contributed by atoms with E-state index in [1.54, 1.807) is 0 Å². The largest absolute Gasteiger partial charge is 0.378 e. The number of morpholine rings is 1.